The van der Waals surface area contributed by atoms with E-state index in [2.05, 4.69) is 10.3 Å². The Bertz CT molecular complexity index is 1060. The first-order chi connectivity index (χ1) is 15.0. The molecule has 0 unspecified atom stereocenters. The van der Waals surface area contributed by atoms with Gasteiger partial charge in [-0.2, -0.15) is 0 Å². The molecular formula is C23H30N4O4. The lowest BCUT2D eigenvalue weighted by molar-refractivity contribution is -0.132. The van der Waals surface area contributed by atoms with Gasteiger partial charge in [-0.1, -0.05) is 12.8 Å². The van der Waals surface area contributed by atoms with Gasteiger partial charge in [-0.05, 0) is 51.2 Å². The van der Waals surface area contributed by atoms with E-state index in [1.165, 1.54) is 17.4 Å². The fourth-order valence-electron chi connectivity index (χ4n) is 4.56. The summed E-state index contributed by atoms with van der Waals surface area (Å²) < 4.78 is 7.28. The van der Waals surface area contributed by atoms with Crippen molar-refractivity contribution in [2.45, 2.75) is 70.9 Å². The van der Waals surface area contributed by atoms with Crippen molar-refractivity contribution in [3.05, 3.63) is 28.0 Å². The smallest absolute Gasteiger partial charge is 0.263 e. The number of amides is 2. The van der Waals surface area contributed by atoms with Crippen molar-refractivity contribution in [1.29, 1.82) is 0 Å². The summed E-state index contributed by atoms with van der Waals surface area (Å²) in [5.74, 6) is 0.957. The monoisotopic (exact) mass is 426 g/mol. The predicted octanol–water partition coefficient (Wildman–Crippen LogP) is 3.00. The largest absolute Gasteiger partial charge is 0.493 e. The van der Waals surface area contributed by atoms with Crippen LogP contribution in [0.15, 0.2) is 16.9 Å². The second kappa shape index (κ2) is 9.08. The Morgan fingerprint density at radius 1 is 1.23 bits per heavy atom. The van der Waals surface area contributed by atoms with Crippen LogP contribution in [0.3, 0.4) is 0 Å². The molecule has 8 heteroatoms. The summed E-state index contributed by atoms with van der Waals surface area (Å²) in [7, 11) is 1.93. The number of carbonyl (C=O) groups is 2. The molecule has 166 valence electrons. The molecule has 1 aliphatic carbocycles. The van der Waals surface area contributed by atoms with Crippen molar-refractivity contribution in [3.8, 4) is 5.75 Å². The molecule has 0 saturated heterocycles. The number of anilines is 1. The number of rotatable bonds is 8. The summed E-state index contributed by atoms with van der Waals surface area (Å²) in [6, 6.07) is 4.00. The highest BCUT2D eigenvalue weighted by Crippen LogP contribution is 2.26. The average molecular weight is 427 g/mol. The zero-order chi connectivity index (χ0) is 22.0. The first-order valence-corrected chi connectivity index (χ1v) is 11.2. The lowest BCUT2D eigenvalue weighted by atomic mass is 10.1. The Balaban J connectivity index is 1.29. The number of aromatic nitrogens is 2. The Labute approximate surface area is 181 Å². The third kappa shape index (κ3) is 4.43. The maximum absolute atomic E-state index is 12.8. The first-order valence-electron chi connectivity index (χ1n) is 11.2. The molecule has 2 aromatic rings. The van der Waals surface area contributed by atoms with Crippen LogP contribution in [0, 0.1) is 6.92 Å². The van der Waals surface area contributed by atoms with Crippen LogP contribution in [0.25, 0.3) is 10.9 Å². The van der Waals surface area contributed by atoms with Crippen molar-refractivity contribution in [2.75, 3.05) is 19.0 Å². The molecule has 1 aliphatic heterocycles. The van der Waals surface area contributed by atoms with Gasteiger partial charge in [0.15, 0.2) is 0 Å². The number of nitrogens with zero attached hydrogens (tertiary/aromatic N) is 3. The second-order valence-electron chi connectivity index (χ2n) is 8.56. The van der Waals surface area contributed by atoms with Gasteiger partial charge in [-0.15, -0.1) is 0 Å². The van der Waals surface area contributed by atoms with Crippen molar-refractivity contribution in [2.24, 2.45) is 0 Å². The number of nitrogens with one attached hydrogen (secondary N) is 1. The highest BCUT2D eigenvalue weighted by molar-refractivity contribution is 5.94. The number of benzene rings is 1. The molecule has 31 heavy (non-hydrogen) atoms. The van der Waals surface area contributed by atoms with E-state index < -0.39 is 0 Å². The van der Waals surface area contributed by atoms with Crippen LogP contribution in [-0.4, -0.2) is 46.0 Å². The number of hydrogen-bond acceptors (Lipinski definition) is 5. The fourth-order valence-corrected chi connectivity index (χ4v) is 4.56. The van der Waals surface area contributed by atoms with Gasteiger partial charge >= 0.3 is 0 Å². The number of ether oxygens (including phenoxy) is 1. The second-order valence-corrected chi connectivity index (χ2v) is 8.56. The Morgan fingerprint density at radius 3 is 2.77 bits per heavy atom. The van der Waals surface area contributed by atoms with Gasteiger partial charge in [-0.25, -0.2) is 4.98 Å². The predicted molar refractivity (Wildman–Crippen MR) is 118 cm³/mol. The topological polar surface area (TPSA) is 93.5 Å². The van der Waals surface area contributed by atoms with E-state index in [-0.39, 0.29) is 23.9 Å². The van der Waals surface area contributed by atoms with Crippen LogP contribution in [0.1, 0.15) is 56.9 Å². The van der Waals surface area contributed by atoms with E-state index in [1.54, 1.807) is 6.07 Å². The normalized spacial score (nSPS) is 15.9. The highest BCUT2D eigenvalue weighted by Gasteiger charge is 2.24. The molecule has 2 aliphatic rings. The van der Waals surface area contributed by atoms with Crippen LogP contribution >= 0.6 is 0 Å². The summed E-state index contributed by atoms with van der Waals surface area (Å²) in [4.78, 5) is 43.0. The van der Waals surface area contributed by atoms with Crippen molar-refractivity contribution in [1.82, 2.24) is 14.5 Å². The SMILES string of the molecule is Cc1c(OCCCCCC(=O)N(C)C2CCCC2)ccc2nc3n(c(=O)c12)CC(=O)N3. The van der Waals surface area contributed by atoms with Crippen LogP contribution < -0.4 is 15.6 Å². The van der Waals surface area contributed by atoms with E-state index in [0.29, 0.717) is 41.7 Å². The molecule has 0 bridgehead atoms. The molecule has 1 fully saturated rings. The van der Waals surface area contributed by atoms with Crippen molar-refractivity contribution < 1.29 is 14.3 Å². The van der Waals surface area contributed by atoms with E-state index >= 15 is 0 Å². The molecule has 0 spiro atoms. The van der Waals surface area contributed by atoms with Crippen LogP contribution in [0.2, 0.25) is 0 Å². The highest BCUT2D eigenvalue weighted by atomic mass is 16.5. The quantitative estimate of drug-likeness (QED) is 0.655. The van der Waals surface area contributed by atoms with Gasteiger partial charge in [0, 0.05) is 25.1 Å². The van der Waals surface area contributed by atoms with Gasteiger partial charge in [0.1, 0.15) is 12.3 Å². The van der Waals surface area contributed by atoms with Crippen molar-refractivity contribution in [3.63, 3.8) is 0 Å². The molecule has 0 radical (unpaired) electrons. The zero-order valence-corrected chi connectivity index (χ0v) is 18.3. The Morgan fingerprint density at radius 2 is 2.00 bits per heavy atom. The van der Waals surface area contributed by atoms with E-state index in [4.69, 9.17) is 4.74 Å². The molecule has 0 atom stereocenters. The lowest BCUT2D eigenvalue weighted by Crippen LogP contribution is -2.34. The van der Waals surface area contributed by atoms with Crippen LogP contribution in [0.4, 0.5) is 5.95 Å². The standard InChI is InChI=1S/C23H30N4O4/c1-15-18(12-11-17-21(15)22(30)27-14-19(28)25-23(27)24-17)31-13-7-3-4-10-20(29)26(2)16-8-5-6-9-16/h11-12,16H,3-10,13-14H2,1-2H3,(H,24,25,28). The van der Waals surface area contributed by atoms with Gasteiger partial charge in [0.05, 0.1) is 17.5 Å². The molecule has 4 rings (SSSR count). The van der Waals surface area contributed by atoms with Crippen LogP contribution in [0.5, 0.6) is 5.75 Å². The van der Waals surface area contributed by atoms with Crippen LogP contribution in [-0.2, 0) is 16.1 Å². The minimum absolute atomic E-state index is 0.00368. The fraction of sp³-hybridized carbons (Fsp3) is 0.565. The minimum Gasteiger partial charge on any atom is -0.493 e. The number of carbonyl (C=O) groups excluding carboxylic acids is 2. The average Bonchev–Trinajstić information content (AvgIpc) is 3.40. The van der Waals surface area contributed by atoms with Gasteiger partial charge in [-0.3, -0.25) is 24.3 Å². The molecule has 1 saturated carbocycles. The first kappa shape index (κ1) is 21.3. The third-order valence-electron chi connectivity index (χ3n) is 6.45. The molecular weight excluding hydrogens is 396 g/mol. The van der Waals surface area contributed by atoms with Gasteiger partial charge in [0.2, 0.25) is 17.8 Å². The number of fused-ring (bicyclic) bond motifs is 2. The van der Waals surface area contributed by atoms with E-state index in [1.807, 2.05) is 24.9 Å². The molecule has 1 aromatic heterocycles. The maximum Gasteiger partial charge on any atom is 0.263 e. The molecule has 1 aromatic carbocycles. The summed E-state index contributed by atoms with van der Waals surface area (Å²) in [6.07, 6.45) is 7.93. The molecule has 2 amide bonds. The van der Waals surface area contributed by atoms with E-state index in [0.717, 1.165) is 37.7 Å². The summed E-state index contributed by atoms with van der Waals surface area (Å²) >= 11 is 0. The van der Waals surface area contributed by atoms with Crippen molar-refractivity contribution >= 4 is 28.7 Å². The maximum atomic E-state index is 12.8. The third-order valence-corrected chi connectivity index (χ3v) is 6.45. The van der Waals surface area contributed by atoms with Gasteiger partial charge < -0.3 is 9.64 Å². The van der Waals surface area contributed by atoms with E-state index in [9.17, 15) is 14.4 Å². The minimum atomic E-state index is -0.234. The molecule has 2 heterocycles. The van der Waals surface area contributed by atoms with Gasteiger partial charge in [0.25, 0.3) is 5.56 Å². The number of hydrogen-bond donors (Lipinski definition) is 1. The molecule has 1 N–H and O–H groups in total. The summed E-state index contributed by atoms with van der Waals surface area (Å²) in [5, 5.41) is 3.09. The molecule has 8 nitrogen and oxygen atoms in total. The Kier molecular flexibility index (Phi) is 6.25. The number of aryl methyl sites for hydroxylation is 1. The zero-order valence-electron chi connectivity index (χ0n) is 18.3. The number of unbranched alkanes of at least 4 members (excludes halogenated alkanes) is 2. The Hall–Kier alpha value is -2.90. The summed E-state index contributed by atoms with van der Waals surface area (Å²) in [5.41, 5.74) is 1.05. The lowest BCUT2D eigenvalue weighted by Gasteiger charge is -2.24. The summed E-state index contributed by atoms with van der Waals surface area (Å²) in [6.45, 7) is 2.37.